The van der Waals surface area contributed by atoms with Crippen molar-refractivity contribution in [2.75, 3.05) is 0 Å². The number of aromatic nitrogens is 4. The van der Waals surface area contributed by atoms with Gasteiger partial charge in [0.05, 0.1) is 0 Å². The second-order valence-electron chi connectivity index (χ2n) is 3.07. The molecule has 0 fully saturated rings. The Bertz CT molecular complexity index is 391. The van der Waals surface area contributed by atoms with Crippen molar-refractivity contribution in [3.8, 4) is 0 Å². The van der Waals surface area contributed by atoms with Crippen LogP contribution in [0.1, 0.15) is 25.3 Å². The van der Waals surface area contributed by atoms with Crippen LogP contribution in [0.25, 0.3) is 5.65 Å². The molecule has 0 saturated carbocycles. The predicted molar refractivity (Wildman–Crippen MR) is 44.9 cm³/mol. The van der Waals surface area contributed by atoms with Crippen molar-refractivity contribution in [3.63, 3.8) is 0 Å². The predicted octanol–water partition coefficient (Wildman–Crippen LogP) is 1.25. The number of fused-ring (bicyclic) bond motifs is 1. The first-order valence-electron chi connectivity index (χ1n) is 3.92. The van der Waals surface area contributed by atoms with E-state index in [1.54, 1.807) is 12.7 Å². The van der Waals surface area contributed by atoms with Gasteiger partial charge in [-0.2, -0.15) is 0 Å². The Kier molecular flexibility index (Phi) is 1.53. The fourth-order valence-corrected chi connectivity index (χ4v) is 1.18. The van der Waals surface area contributed by atoms with E-state index in [1.165, 1.54) is 0 Å². The van der Waals surface area contributed by atoms with Crippen LogP contribution in [-0.4, -0.2) is 19.6 Å². The first kappa shape index (κ1) is 7.21. The molecular weight excluding hydrogens is 152 g/mol. The molecule has 0 aliphatic carbocycles. The van der Waals surface area contributed by atoms with Gasteiger partial charge in [0.25, 0.3) is 0 Å². The van der Waals surface area contributed by atoms with E-state index in [0.29, 0.717) is 5.92 Å². The average molecular weight is 162 g/mol. The standard InChI is InChI=1S/C8H10N4/c1-6(2)7-3-9-4-12-5-10-11-8(7)12/h3-6H,1-2H3. The fraction of sp³-hybridized carbons (Fsp3) is 0.375. The molecule has 2 aromatic heterocycles. The highest BCUT2D eigenvalue weighted by Crippen LogP contribution is 2.16. The maximum absolute atomic E-state index is 4.09. The summed E-state index contributed by atoms with van der Waals surface area (Å²) >= 11 is 0. The molecule has 0 aliphatic rings. The molecule has 0 saturated heterocycles. The van der Waals surface area contributed by atoms with Crippen molar-refractivity contribution in [1.29, 1.82) is 0 Å². The summed E-state index contributed by atoms with van der Waals surface area (Å²) in [4.78, 5) is 4.09. The van der Waals surface area contributed by atoms with Crippen molar-refractivity contribution >= 4 is 5.65 Å². The van der Waals surface area contributed by atoms with Gasteiger partial charge in [0, 0.05) is 11.8 Å². The summed E-state index contributed by atoms with van der Waals surface area (Å²) in [5.74, 6) is 0.436. The van der Waals surface area contributed by atoms with Crippen molar-refractivity contribution in [1.82, 2.24) is 19.6 Å². The first-order chi connectivity index (χ1) is 5.79. The zero-order valence-corrected chi connectivity index (χ0v) is 7.10. The van der Waals surface area contributed by atoms with Crippen LogP contribution in [0.15, 0.2) is 18.9 Å². The van der Waals surface area contributed by atoms with Crippen LogP contribution in [-0.2, 0) is 0 Å². The van der Waals surface area contributed by atoms with Gasteiger partial charge in [0.2, 0.25) is 0 Å². The van der Waals surface area contributed by atoms with Gasteiger partial charge in [0.15, 0.2) is 5.65 Å². The highest BCUT2D eigenvalue weighted by molar-refractivity contribution is 5.46. The largest absolute Gasteiger partial charge is 0.272 e. The summed E-state index contributed by atoms with van der Waals surface area (Å²) in [6.45, 7) is 4.23. The quantitative estimate of drug-likeness (QED) is 0.633. The van der Waals surface area contributed by atoms with Gasteiger partial charge in [0.1, 0.15) is 12.7 Å². The third-order valence-electron chi connectivity index (χ3n) is 1.86. The van der Waals surface area contributed by atoms with Crippen molar-refractivity contribution < 1.29 is 0 Å². The maximum atomic E-state index is 4.09. The van der Waals surface area contributed by atoms with Crippen LogP contribution in [0.5, 0.6) is 0 Å². The SMILES string of the molecule is CC(C)c1cncn2cnnc12. The molecule has 0 radical (unpaired) electrons. The Morgan fingerprint density at radius 3 is 2.92 bits per heavy atom. The topological polar surface area (TPSA) is 43.1 Å². The van der Waals surface area contributed by atoms with E-state index in [9.17, 15) is 0 Å². The Morgan fingerprint density at radius 1 is 1.33 bits per heavy atom. The average Bonchev–Trinajstić information content (AvgIpc) is 2.49. The van der Waals surface area contributed by atoms with E-state index < -0.39 is 0 Å². The zero-order valence-electron chi connectivity index (χ0n) is 7.10. The Labute approximate surface area is 70.3 Å². The molecular formula is C8H10N4. The molecule has 4 nitrogen and oxygen atoms in total. The van der Waals surface area contributed by atoms with Crippen molar-refractivity contribution in [2.45, 2.75) is 19.8 Å². The second kappa shape index (κ2) is 2.55. The minimum Gasteiger partial charge on any atom is -0.272 e. The van der Waals surface area contributed by atoms with Gasteiger partial charge in [-0.15, -0.1) is 10.2 Å². The van der Waals surface area contributed by atoms with Crippen molar-refractivity contribution in [2.24, 2.45) is 0 Å². The lowest BCUT2D eigenvalue weighted by molar-refractivity contribution is 0.848. The Morgan fingerprint density at radius 2 is 2.17 bits per heavy atom. The van der Waals surface area contributed by atoms with E-state index in [2.05, 4.69) is 29.0 Å². The van der Waals surface area contributed by atoms with Gasteiger partial charge < -0.3 is 0 Å². The lowest BCUT2D eigenvalue weighted by Gasteiger charge is -2.03. The molecule has 0 spiro atoms. The van der Waals surface area contributed by atoms with Crippen LogP contribution in [0, 0.1) is 0 Å². The molecule has 2 aromatic rings. The third-order valence-corrected chi connectivity index (χ3v) is 1.86. The molecule has 0 atom stereocenters. The summed E-state index contributed by atoms with van der Waals surface area (Å²) in [5.41, 5.74) is 2.04. The van der Waals surface area contributed by atoms with Gasteiger partial charge in [-0.3, -0.25) is 4.40 Å². The molecule has 12 heavy (non-hydrogen) atoms. The monoisotopic (exact) mass is 162 g/mol. The molecule has 2 heterocycles. The number of nitrogens with zero attached hydrogens (tertiary/aromatic N) is 4. The molecule has 0 unspecified atom stereocenters. The van der Waals surface area contributed by atoms with E-state index in [1.807, 2.05) is 10.6 Å². The summed E-state index contributed by atoms with van der Waals surface area (Å²) in [5, 5.41) is 7.83. The van der Waals surface area contributed by atoms with Crippen LogP contribution in [0.4, 0.5) is 0 Å². The summed E-state index contributed by atoms with van der Waals surface area (Å²) in [7, 11) is 0. The van der Waals surface area contributed by atoms with Crippen molar-refractivity contribution in [3.05, 3.63) is 24.4 Å². The minimum absolute atomic E-state index is 0.436. The summed E-state index contributed by atoms with van der Waals surface area (Å²) in [6.07, 6.45) is 5.21. The van der Waals surface area contributed by atoms with Gasteiger partial charge in [-0.25, -0.2) is 4.98 Å². The lowest BCUT2D eigenvalue weighted by atomic mass is 10.1. The molecule has 62 valence electrons. The Balaban J connectivity index is 2.73. The van der Waals surface area contributed by atoms with Crippen LogP contribution in [0.2, 0.25) is 0 Å². The van der Waals surface area contributed by atoms with Crippen LogP contribution in [0.3, 0.4) is 0 Å². The molecule has 0 bridgehead atoms. The van der Waals surface area contributed by atoms with Crippen LogP contribution < -0.4 is 0 Å². The highest BCUT2D eigenvalue weighted by atomic mass is 15.2. The summed E-state index contributed by atoms with van der Waals surface area (Å²) < 4.78 is 1.83. The van der Waals surface area contributed by atoms with Gasteiger partial charge in [-0.05, 0) is 5.92 Å². The first-order valence-corrected chi connectivity index (χ1v) is 3.92. The number of hydrogen-bond donors (Lipinski definition) is 0. The second-order valence-corrected chi connectivity index (χ2v) is 3.07. The minimum atomic E-state index is 0.436. The molecule has 0 aliphatic heterocycles. The zero-order chi connectivity index (χ0) is 8.55. The van der Waals surface area contributed by atoms with E-state index in [-0.39, 0.29) is 0 Å². The van der Waals surface area contributed by atoms with Gasteiger partial charge in [-0.1, -0.05) is 13.8 Å². The third kappa shape index (κ3) is 0.958. The molecule has 0 aromatic carbocycles. The molecule has 0 amide bonds. The van der Waals surface area contributed by atoms with E-state index >= 15 is 0 Å². The van der Waals surface area contributed by atoms with E-state index in [4.69, 9.17) is 0 Å². The summed E-state index contributed by atoms with van der Waals surface area (Å²) in [6, 6.07) is 0. The maximum Gasteiger partial charge on any atom is 0.166 e. The van der Waals surface area contributed by atoms with Gasteiger partial charge >= 0.3 is 0 Å². The molecule has 0 N–H and O–H groups in total. The number of rotatable bonds is 1. The lowest BCUT2D eigenvalue weighted by Crippen LogP contribution is -1.95. The van der Waals surface area contributed by atoms with E-state index in [0.717, 1.165) is 11.2 Å². The van der Waals surface area contributed by atoms with Crippen LogP contribution >= 0.6 is 0 Å². The fourth-order valence-electron chi connectivity index (χ4n) is 1.18. The smallest absolute Gasteiger partial charge is 0.166 e. The normalized spacial score (nSPS) is 11.2. The molecule has 2 rings (SSSR count). The molecule has 4 heteroatoms. The number of hydrogen-bond acceptors (Lipinski definition) is 3. The Hall–Kier alpha value is -1.45. The highest BCUT2D eigenvalue weighted by Gasteiger charge is 2.06.